The number of aromatic nitrogens is 4. The van der Waals surface area contributed by atoms with Crippen molar-refractivity contribution in [2.75, 3.05) is 17.7 Å². The van der Waals surface area contributed by atoms with Crippen molar-refractivity contribution in [2.24, 2.45) is 0 Å². The number of hydrogen-bond acceptors (Lipinski definition) is 5. The maximum Gasteiger partial charge on any atom is 0.229 e. The molecule has 0 atom stereocenters. The molecule has 2 heterocycles. The molecule has 0 fully saturated rings. The number of aryl methyl sites for hydroxylation is 1. The Balaban J connectivity index is 1.93. The van der Waals surface area contributed by atoms with E-state index >= 15 is 0 Å². The van der Waals surface area contributed by atoms with Gasteiger partial charge in [0.2, 0.25) is 5.95 Å². The van der Waals surface area contributed by atoms with Gasteiger partial charge in [0.15, 0.2) is 0 Å². The summed E-state index contributed by atoms with van der Waals surface area (Å²) in [5.41, 5.74) is 2.50. The average molecular weight is 315 g/mol. The summed E-state index contributed by atoms with van der Waals surface area (Å²) >= 11 is 6.23. The molecule has 3 rings (SSSR count). The predicted octanol–water partition coefficient (Wildman–Crippen LogP) is 3.41. The first-order chi connectivity index (χ1) is 10.7. The normalized spacial score (nSPS) is 10.5. The van der Waals surface area contributed by atoms with Gasteiger partial charge in [-0.2, -0.15) is 10.1 Å². The SMILES string of the molecule is CNc1cc(C)nc(Nc2ccc(Cl)c(-n3cccn3)c2)n1. The van der Waals surface area contributed by atoms with Gasteiger partial charge in [0.1, 0.15) is 5.82 Å². The molecule has 0 unspecified atom stereocenters. The highest BCUT2D eigenvalue weighted by Gasteiger charge is 2.07. The summed E-state index contributed by atoms with van der Waals surface area (Å²) < 4.78 is 1.71. The predicted molar refractivity (Wildman–Crippen MR) is 88.2 cm³/mol. The average Bonchev–Trinajstić information content (AvgIpc) is 3.02. The summed E-state index contributed by atoms with van der Waals surface area (Å²) in [6, 6.07) is 9.32. The second-order valence-electron chi connectivity index (χ2n) is 4.71. The standard InChI is InChI=1S/C15H15ClN6/c1-10-8-14(17-2)21-15(19-10)20-11-4-5-12(16)13(9-11)22-7-3-6-18-22/h3-9H,1-2H3,(H2,17,19,20,21). The lowest BCUT2D eigenvalue weighted by Crippen LogP contribution is -2.03. The van der Waals surface area contributed by atoms with Crippen molar-refractivity contribution in [3.05, 3.63) is 53.4 Å². The molecule has 6 nitrogen and oxygen atoms in total. The van der Waals surface area contributed by atoms with Crippen LogP contribution < -0.4 is 10.6 Å². The van der Waals surface area contributed by atoms with Crippen molar-refractivity contribution in [1.82, 2.24) is 19.7 Å². The molecule has 0 aliphatic heterocycles. The van der Waals surface area contributed by atoms with Crippen LogP contribution in [0.2, 0.25) is 5.02 Å². The molecular weight excluding hydrogens is 300 g/mol. The van der Waals surface area contributed by atoms with E-state index in [1.165, 1.54) is 0 Å². The van der Waals surface area contributed by atoms with Crippen molar-refractivity contribution in [3.8, 4) is 5.69 Å². The van der Waals surface area contributed by atoms with Crippen molar-refractivity contribution in [1.29, 1.82) is 0 Å². The molecule has 22 heavy (non-hydrogen) atoms. The smallest absolute Gasteiger partial charge is 0.229 e. The minimum absolute atomic E-state index is 0.526. The highest BCUT2D eigenvalue weighted by atomic mass is 35.5. The fourth-order valence-corrected chi connectivity index (χ4v) is 2.26. The maximum absolute atomic E-state index is 6.23. The minimum atomic E-state index is 0.526. The van der Waals surface area contributed by atoms with E-state index in [9.17, 15) is 0 Å². The number of nitrogens with zero attached hydrogens (tertiary/aromatic N) is 4. The second-order valence-corrected chi connectivity index (χ2v) is 5.12. The van der Waals surface area contributed by atoms with Crippen LogP contribution in [0.5, 0.6) is 0 Å². The van der Waals surface area contributed by atoms with Gasteiger partial charge in [-0.25, -0.2) is 9.67 Å². The van der Waals surface area contributed by atoms with Gasteiger partial charge < -0.3 is 10.6 Å². The Morgan fingerprint density at radius 1 is 1.18 bits per heavy atom. The Labute approximate surface area is 133 Å². The van der Waals surface area contributed by atoms with E-state index in [-0.39, 0.29) is 0 Å². The lowest BCUT2D eigenvalue weighted by Gasteiger charge is -2.10. The van der Waals surface area contributed by atoms with Gasteiger partial charge in [0.05, 0.1) is 10.7 Å². The molecule has 0 radical (unpaired) electrons. The van der Waals surface area contributed by atoms with Crippen molar-refractivity contribution >= 4 is 29.1 Å². The molecule has 0 aliphatic rings. The van der Waals surface area contributed by atoms with E-state index in [1.54, 1.807) is 10.9 Å². The van der Waals surface area contributed by atoms with Gasteiger partial charge in [-0.1, -0.05) is 11.6 Å². The number of halogens is 1. The summed E-state index contributed by atoms with van der Waals surface area (Å²) in [5.74, 6) is 1.29. The highest BCUT2D eigenvalue weighted by Crippen LogP contribution is 2.25. The first-order valence-electron chi connectivity index (χ1n) is 6.76. The van der Waals surface area contributed by atoms with Gasteiger partial charge in [-0.3, -0.25) is 0 Å². The third-order valence-electron chi connectivity index (χ3n) is 3.06. The molecule has 1 aromatic carbocycles. The van der Waals surface area contributed by atoms with Gasteiger partial charge in [0, 0.05) is 36.9 Å². The molecule has 0 saturated carbocycles. The quantitative estimate of drug-likeness (QED) is 0.772. The van der Waals surface area contributed by atoms with Crippen LogP contribution in [-0.2, 0) is 0 Å². The van der Waals surface area contributed by atoms with Crippen LogP contribution in [-0.4, -0.2) is 26.8 Å². The lowest BCUT2D eigenvalue weighted by atomic mass is 10.2. The third kappa shape index (κ3) is 3.01. The van der Waals surface area contributed by atoms with E-state index in [4.69, 9.17) is 11.6 Å². The van der Waals surface area contributed by atoms with Gasteiger partial charge in [-0.05, 0) is 31.2 Å². The monoisotopic (exact) mass is 314 g/mol. The molecule has 0 aliphatic carbocycles. The van der Waals surface area contributed by atoms with Crippen molar-refractivity contribution < 1.29 is 0 Å². The number of hydrogen-bond donors (Lipinski definition) is 2. The zero-order chi connectivity index (χ0) is 15.5. The van der Waals surface area contributed by atoms with E-state index in [0.29, 0.717) is 11.0 Å². The van der Waals surface area contributed by atoms with Crippen LogP contribution in [0.3, 0.4) is 0 Å². The van der Waals surface area contributed by atoms with Crippen molar-refractivity contribution in [2.45, 2.75) is 6.92 Å². The van der Waals surface area contributed by atoms with Gasteiger partial charge >= 0.3 is 0 Å². The van der Waals surface area contributed by atoms with Crippen LogP contribution in [0.25, 0.3) is 5.69 Å². The Hall–Kier alpha value is -2.60. The second kappa shape index (κ2) is 6.03. The Morgan fingerprint density at radius 2 is 2.05 bits per heavy atom. The van der Waals surface area contributed by atoms with E-state index in [0.717, 1.165) is 22.9 Å². The summed E-state index contributed by atoms with van der Waals surface area (Å²) in [6.07, 6.45) is 3.55. The van der Waals surface area contributed by atoms with Crippen LogP contribution >= 0.6 is 11.6 Å². The Bertz CT molecular complexity index is 785. The number of benzene rings is 1. The molecule has 2 aromatic heterocycles. The van der Waals surface area contributed by atoms with Crippen molar-refractivity contribution in [3.63, 3.8) is 0 Å². The summed E-state index contributed by atoms with van der Waals surface area (Å²) in [6.45, 7) is 1.92. The lowest BCUT2D eigenvalue weighted by molar-refractivity contribution is 0.881. The molecule has 0 saturated heterocycles. The Morgan fingerprint density at radius 3 is 2.77 bits per heavy atom. The van der Waals surface area contributed by atoms with Gasteiger partial charge in [0.25, 0.3) is 0 Å². The molecule has 2 N–H and O–H groups in total. The van der Waals surface area contributed by atoms with Crippen LogP contribution in [0.15, 0.2) is 42.7 Å². The Kier molecular flexibility index (Phi) is 3.93. The topological polar surface area (TPSA) is 67.7 Å². The molecule has 0 amide bonds. The fourth-order valence-electron chi connectivity index (χ4n) is 2.06. The van der Waals surface area contributed by atoms with Crippen LogP contribution in [0, 0.1) is 6.92 Å². The van der Waals surface area contributed by atoms with Crippen LogP contribution in [0.4, 0.5) is 17.5 Å². The van der Waals surface area contributed by atoms with E-state index < -0.39 is 0 Å². The fraction of sp³-hybridized carbons (Fsp3) is 0.133. The number of anilines is 3. The number of nitrogens with one attached hydrogen (secondary N) is 2. The molecule has 7 heteroatoms. The van der Waals surface area contributed by atoms with E-state index in [2.05, 4.69) is 25.7 Å². The highest BCUT2D eigenvalue weighted by molar-refractivity contribution is 6.32. The first kappa shape index (κ1) is 14.3. The molecule has 0 spiro atoms. The van der Waals surface area contributed by atoms with Gasteiger partial charge in [-0.15, -0.1) is 0 Å². The summed E-state index contributed by atoms with van der Waals surface area (Å²) in [5, 5.41) is 11.0. The maximum atomic E-state index is 6.23. The largest absolute Gasteiger partial charge is 0.373 e. The van der Waals surface area contributed by atoms with Crippen LogP contribution in [0.1, 0.15) is 5.69 Å². The summed E-state index contributed by atoms with van der Waals surface area (Å²) in [7, 11) is 1.82. The molecular formula is C15H15ClN6. The molecule has 112 valence electrons. The zero-order valence-corrected chi connectivity index (χ0v) is 13.0. The minimum Gasteiger partial charge on any atom is -0.373 e. The summed E-state index contributed by atoms with van der Waals surface area (Å²) in [4.78, 5) is 8.75. The number of rotatable bonds is 4. The molecule has 3 aromatic rings. The zero-order valence-electron chi connectivity index (χ0n) is 12.2. The molecule has 0 bridgehead atoms. The third-order valence-corrected chi connectivity index (χ3v) is 3.38. The van der Waals surface area contributed by atoms with E-state index in [1.807, 2.05) is 50.5 Å². The first-order valence-corrected chi connectivity index (χ1v) is 7.13.